The lowest BCUT2D eigenvalue weighted by molar-refractivity contribution is -0.385. The quantitative estimate of drug-likeness (QED) is 0.477. The molecule has 0 aromatic heterocycles. The molecule has 0 saturated carbocycles. The lowest BCUT2D eigenvalue weighted by atomic mass is 10.2. The van der Waals surface area contributed by atoms with E-state index in [4.69, 9.17) is 27.9 Å². The van der Waals surface area contributed by atoms with Gasteiger partial charge in [0.05, 0.1) is 15.6 Å². The van der Waals surface area contributed by atoms with Crippen molar-refractivity contribution in [1.82, 2.24) is 0 Å². The van der Waals surface area contributed by atoms with E-state index in [-0.39, 0.29) is 16.3 Å². The van der Waals surface area contributed by atoms with E-state index in [1.807, 2.05) is 0 Å². The third-order valence-electron chi connectivity index (χ3n) is 3.16. The molecular formula is C16H12Cl2N2O5. The van der Waals surface area contributed by atoms with Gasteiger partial charge in [-0.1, -0.05) is 35.3 Å². The van der Waals surface area contributed by atoms with Crippen LogP contribution < -0.4 is 5.32 Å². The summed E-state index contributed by atoms with van der Waals surface area (Å²) in [7, 11) is 0. The van der Waals surface area contributed by atoms with Crippen LogP contribution in [-0.2, 0) is 9.53 Å². The van der Waals surface area contributed by atoms with Gasteiger partial charge < -0.3 is 10.1 Å². The van der Waals surface area contributed by atoms with Gasteiger partial charge in [-0.2, -0.15) is 0 Å². The van der Waals surface area contributed by atoms with Crippen molar-refractivity contribution in [2.75, 3.05) is 5.32 Å². The second kappa shape index (κ2) is 7.96. The molecule has 0 bridgehead atoms. The Labute approximate surface area is 152 Å². The Bertz CT molecular complexity index is 841. The maximum absolute atomic E-state index is 12.1. The zero-order valence-electron chi connectivity index (χ0n) is 12.9. The number of hydrogen-bond donors (Lipinski definition) is 1. The van der Waals surface area contributed by atoms with Gasteiger partial charge in [0.15, 0.2) is 6.10 Å². The molecule has 1 unspecified atom stereocenters. The van der Waals surface area contributed by atoms with Crippen LogP contribution in [0.4, 0.5) is 11.4 Å². The maximum atomic E-state index is 12.1. The molecule has 1 amide bonds. The molecule has 0 spiro atoms. The van der Waals surface area contributed by atoms with Crippen molar-refractivity contribution in [3.63, 3.8) is 0 Å². The largest absolute Gasteiger partial charge is 0.449 e. The molecule has 0 saturated heterocycles. The van der Waals surface area contributed by atoms with E-state index >= 15 is 0 Å². The summed E-state index contributed by atoms with van der Waals surface area (Å²) in [4.78, 5) is 34.5. The number of esters is 1. The van der Waals surface area contributed by atoms with Gasteiger partial charge >= 0.3 is 5.97 Å². The molecule has 2 aromatic rings. The van der Waals surface area contributed by atoms with E-state index in [9.17, 15) is 19.7 Å². The number of halogens is 2. The number of benzene rings is 2. The molecule has 0 aliphatic heterocycles. The van der Waals surface area contributed by atoms with Gasteiger partial charge in [-0.05, 0) is 31.2 Å². The van der Waals surface area contributed by atoms with Crippen LogP contribution in [0.1, 0.15) is 17.3 Å². The van der Waals surface area contributed by atoms with Gasteiger partial charge in [0, 0.05) is 11.1 Å². The number of ether oxygens (including phenoxy) is 1. The van der Waals surface area contributed by atoms with Crippen LogP contribution in [0.25, 0.3) is 0 Å². The molecule has 1 atom stereocenters. The number of anilines is 1. The Hall–Kier alpha value is -2.64. The van der Waals surface area contributed by atoms with Crippen LogP contribution in [0.15, 0.2) is 42.5 Å². The van der Waals surface area contributed by atoms with Gasteiger partial charge in [0.2, 0.25) is 0 Å². The van der Waals surface area contributed by atoms with Crippen LogP contribution >= 0.6 is 23.2 Å². The maximum Gasteiger partial charge on any atom is 0.345 e. The molecule has 2 rings (SSSR count). The highest BCUT2D eigenvalue weighted by molar-refractivity contribution is 6.35. The molecule has 7 nitrogen and oxygen atoms in total. The first kappa shape index (κ1) is 18.7. The topological polar surface area (TPSA) is 98.5 Å². The zero-order chi connectivity index (χ0) is 18.6. The Kier molecular flexibility index (Phi) is 5.95. The van der Waals surface area contributed by atoms with Crippen LogP contribution in [0, 0.1) is 10.1 Å². The van der Waals surface area contributed by atoms with Gasteiger partial charge in [0.1, 0.15) is 5.56 Å². The average Bonchev–Trinajstić information content (AvgIpc) is 2.57. The smallest absolute Gasteiger partial charge is 0.345 e. The van der Waals surface area contributed by atoms with Crippen molar-refractivity contribution in [3.05, 3.63) is 68.2 Å². The molecule has 130 valence electrons. The lowest BCUT2D eigenvalue weighted by Crippen LogP contribution is -2.30. The normalized spacial score (nSPS) is 11.5. The summed E-state index contributed by atoms with van der Waals surface area (Å²) in [5, 5.41) is 14.1. The SMILES string of the molecule is CC(OC(=O)c1ccccc1[N+](=O)[O-])C(=O)Nc1cc(Cl)ccc1Cl. The minimum Gasteiger partial charge on any atom is -0.449 e. The number of carbonyl (C=O) groups excluding carboxylic acids is 2. The first-order valence-electron chi connectivity index (χ1n) is 7.00. The van der Waals surface area contributed by atoms with Crippen molar-refractivity contribution >= 4 is 46.5 Å². The molecule has 1 N–H and O–H groups in total. The highest BCUT2D eigenvalue weighted by Gasteiger charge is 2.25. The monoisotopic (exact) mass is 382 g/mol. The molecule has 0 aliphatic carbocycles. The summed E-state index contributed by atoms with van der Waals surface area (Å²) >= 11 is 11.8. The molecule has 0 fully saturated rings. The van der Waals surface area contributed by atoms with Crippen LogP contribution in [0.2, 0.25) is 10.0 Å². The first-order valence-corrected chi connectivity index (χ1v) is 7.75. The van der Waals surface area contributed by atoms with Gasteiger partial charge in [-0.25, -0.2) is 4.79 Å². The fourth-order valence-corrected chi connectivity index (χ4v) is 2.25. The minimum absolute atomic E-state index is 0.243. The number of nitro groups is 1. The van der Waals surface area contributed by atoms with Gasteiger partial charge in [0.25, 0.3) is 11.6 Å². The van der Waals surface area contributed by atoms with Gasteiger partial charge in [-0.3, -0.25) is 14.9 Å². The third kappa shape index (κ3) is 4.68. The molecule has 25 heavy (non-hydrogen) atoms. The number of nitrogens with zero attached hydrogens (tertiary/aromatic N) is 1. The second-order valence-corrected chi connectivity index (χ2v) is 5.78. The summed E-state index contributed by atoms with van der Waals surface area (Å²) in [5.41, 5.74) is -0.390. The summed E-state index contributed by atoms with van der Waals surface area (Å²) in [6, 6.07) is 9.80. The predicted octanol–water partition coefficient (Wildman–Crippen LogP) is 4.09. The van der Waals surface area contributed by atoms with Crippen LogP contribution in [-0.4, -0.2) is 22.9 Å². The number of para-hydroxylation sites is 1. The highest BCUT2D eigenvalue weighted by Crippen LogP contribution is 2.26. The number of amides is 1. The van der Waals surface area contributed by atoms with E-state index < -0.39 is 28.6 Å². The lowest BCUT2D eigenvalue weighted by Gasteiger charge is -2.14. The fraction of sp³-hybridized carbons (Fsp3) is 0.125. The average molecular weight is 383 g/mol. The molecule has 0 aliphatic rings. The van der Waals surface area contributed by atoms with E-state index in [1.165, 1.54) is 43.3 Å². The van der Waals surface area contributed by atoms with Crippen molar-refractivity contribution in [2.45, 2.75) is 13.0 Å². The highest BCUT2D eigenvalue weighted by atomic mass is 35.5. The van der Waals surface area contributed by atoms with E-state index in [0.717, 1.165) is 0 Å². The summed E-state index contributed by atoms with van der Waals surface area (Å²) < 4.78 is 5.00. The fourth-order valence-electron chi connectivity index (χ4n) is 1.91. The number of carbonyl (C=O) groups is 2. The van der Waals surface area contributed by atoms with Crippen molar-refractivity contribution in [3.8, 4) is 0 Å². The molecule has 0 radical (unpaired) electrons. The predicted molar refractivity (Wildman–Crippen MR) is 93.1 cm³/mol. The zero-order valence-corrected chi connectivity index (χ0v) is 14.4. The number of hydrogen-bond acceptors (Lipinski definition) is 5. The molecule has 9 heteroatoms. The van der Waals surface area contributed by atoms with Crippen molar-refractivity contribution in [1.29, 1.82) is 0 Å². The Morgan fingerprint density at radius 2 is 1.88 bits per heavy atom. The Morgan fingerprint density at radius 1 is 1.20 bits per heavy atom. The van der Waals surface area contributed by atoms with Crippen LogP contribution in [0.3, 0.4) is 0 Å². The summed E-state index contributed by atoms with van der Waals surface area (Å²) in [6.07, 6.45) is -1.21. The van der Waals surface area contributed by atoms with E-state index in [1.54, 1.807) is 6.07 Å². The number of rotatable bonds is 5. The van der Waals surface area contributed by atoms with Crippen molar-refractivity contribution in [2.24, 2.45) is 0 Å². The summed E-state index contributed by atoms with van der Waals surface area (Å²) in [6.45, 7) is 1.33. The standard InChI is InChI=1S/C16H12Cl2N2O5/c1-9(15(21)19-13-8-10(17)6-7-12(13)18)25-16(22)11-4-2-3-5-14(11)20(23)24/h2-9H,1H3,(H,19,21). The Morgan fingerprint density at radius 3 is 2.56 bits per heavy atom. The summed E-state index contributed by atoms with van der Waals surface area (Å²) in [5.74, 6) is -1.64. The third-order valence-corrected chi connectivity index (χ3v) is 3.72. The number of nitro benzene ring substituents is 1. The van der Waals surface area contributed by atoms with Crippen LogP contribution in [0.5, 0.6) is 0 Å². The Balaban J connectivity index is 2.10. The van der Waals surface area contributed by atoms with Crippen molar-refractivity contribution < 1.29 is 19.2 Å². The van der Waals surface area contributed by atoms with E-state index in [0.29, 0.717) is 5.02 Å². The number of nitrogens with one attached hydrogen (secondary N) is 1. The van der Waals surface area contributed by atoms with E-state index in [2.05, 4.69) is 5.32 Å². The first-order chi connectivity index (χ1) is 11.8. The van der Waals surface area contributed by atoms with Gasteiger partial charge in [-0.15, -0.1) is 0 Å². The second-order valence-electron chi connectivity index (χ2n) is 4.94. The molecule has 2 aromatic carbocycles. The molecular weight excluding hydrogens is 371 g/mol. The molecule has 0 heterocycles. The minimum atomic E-state index is -1.21.